The predicted molar refractivity (Wildman–Crippen MR) is 110 cm³/mol. The number of aromatic nitrogens is 2. The molecule has 0 radical (unpaired) electrons. The van der Waals surface area contributed by atoms with Crippen LogP contribution in [-0.2, 0) is 4.74 Å². The Morgan fingerprint density at radius 3 is 2.59 bits per heavy atom. The minimum absolute atomic E-state index is 0.154. The van der Waals surface area contributed by atoms with E-state index in [0.29, 0.717) is 29.3 Å². The van der Waals surface area contributed by atoms with Crippen LogP contribution in [0.15, 0.2) is 17.1 Å². The molecule has 0 bridgehead atoms. The van der Waals surface area contributed by atoms with E-state index in [2.05, 4.69) is 37.2 Å². The fourth-order valence-electron chi connectivity index (χ4n) is 4.51. The number of anilines is 1. The van der Waals surface area contributed by atoms with Crippen LogP contribution in [-0.4, -0.2) is 60.0 Å². The van der Waals surface area contributed by atoms with Crippen molar-refractivity contribution in [3.05, 3.63) is 40.8 Å². The first-order valence-electron chi connectivity index (χ1n) is 10.4. The second-order valence-electron chi connectivity index (χ2n) is 8.41. The van der Waals surface area contributed by atoms with Crippen LogP contribution in [0.4, 0.5) is 29.1 Å². The van der Waals surface area contributed by atoms with Crippen molar-refractivity contribution in [2.75, 3.05) is 38.3 Å². The van der Waals surface area contributed by atoms with E-state index in [9.17, 15) is 17.6 Å². The van der Waals surface area contributed by atoms with Crippen molar-refractivity contribution in [2.45, 2.75) is 25.4 Å². The highest BCUT2D eigenvalue weighted by molar-refractivity contribution is 5.98. The average Bonchev–Trinajstić information content (AvgIpc) is 3.42. The molecule has 1 aromatic carbocycles. The van der Waals surface area contributed by atoms with E-state index >= 15 is 0 Å². The summed E-state index contributed by atoms with van der Waals surface area (Å²) in [6, 6.07) is 1.12. The number of alkyl halides is 1. The van der Waals surface area contributed by atoms with Crippen LogP contribution in [0.2, 0.25) is 0 Å². The molecule has 168 valence electrons. The third-order valence-corrected chi connectivity index (χ3v) is 6.46. The van der Waals surface area contributed by atoms with Crippen LogP contribution in [0, 0.1) is 34.7 Å². The number of H-pyrrole nitrogens is 1. The van der Waals surface area contributed by atoms with Gasteiger partial charge in [0, 0.05) is 25.8 Å². The van der Waals surface area contributed by atoms with Crippen LogP contribution in [0.5, 0.6) is 0 Å². The summed E-state index contributed by atoms with van der Waals surface area (Å²) in [4.78, 5) is 6.59. The molecular weight excluding hydrogens is 426 g/mol. The molecule has 0 saturated carbocycles. The van der Waals surface area contributed by atoms with Crippen molar-refractivity contribution in [1.29, 1.82) is 0 Å². The standard InChI is InChI=1S/C22H21F4N5O/c23-11-18-21(31-6-3-22(4-7-31)5-8-32-12-22)28-20-19(27-18)17(29-30-20)2-1-13-9-15(25)16(26)10-14(13)24/h9-10,21H,3-8,11-12H2,(H2,28,29,30). The normalized spacial score (nSPS) is 22.1. The number of halogens is 4. The fraction of sp³-hybridized carbons (Fsp3) is 0.455. The van der Waals surface area contributed by atoms with Crippen molar-refractivity contribution in [2.24, 2.45) is 10.4 Å². The predicted octanol–water partition coefficient (Wildman–Crippen LogP) is 3.52. The zero-order valence-electron chi connectivity index (χ0n) is 17.2. The van der Waals surface area contributed by atoms with E-state index in [1.165, 1.54) is 0 Å². The summed E-state index contributed by atoms with van der Waals surface area (Å²) in [5.41, 5.74) is 0.688. The molecule has 0 amide bonds. The minimum Gasteiger partial charge on any atom is -0.381 e. The first kappa shape index (κ1) is 21.0. The average molecular weight is 447 g/mol. The van der Waals surface area contributed by atoms with Crippen molar-refractivity contribution in [3.63, 3.8) is 0 Å². The summed E-state index contributed by atoms with van der Waals surface area (Å²) in [6.07, 6.45) is 2.62. The van der Waals surface area contributed by atoms with Crippen LogP contribution < -0.4 is 5.32 Å². The summed E-state index contributed by atoms with van der Waals surface area (Å²) >= 11 is 0. The smallest absolute Gasteiger partial charge is 0.163 e. The highest BCUT2D eigenvalue weighted by Gasteiger charge is 2.41. The lowest BCUT2D eigenvalue weighted by Gasteiger charge is -2.42. The molecule has 6 nitrogen and oxygen atoms in total. The van der Waals surface area contributed by atoms with E-state index in [1.807, 2.05) is 0 Å². The summed E-state index contributed by atoms with van der Waals surface area (Å²) < 4.78 is 59.8. The third-order valence-electron chi connectivity index (χ3n) is 6.46. The number of benzene rings is 1. The summed E-state index contributed by atoms with van der Waals surface area (Å²) in [7, 11) is 0. The van der Waals surface area contributed by atoms with Gasteiger partial charge in [0.1, 0.15) is 24.3 Å². The quantitative estimate of drug-likeness (QED) is 0.420. The topological polar surface area (TPSA) is 65.5 Å². The summed E-state index contributed by atoms with van der Waals surface area (Å²) in [5, 5.41) is 10.1. The number of hydrogen-bond donors (Lipinski definition) is 2. The Hall–Kier alpha value is -2.90. The molecule has 3 aliphatic rings. The van der Waals surface area contributed by atoms with E-state index in [4.69, 9.17) is 4.74 Å². The fourth-order valence-corrected chi connectivity index (χ4v) is 4.51. The van der Waals surface area contributed by atoms with Crippen molar-refractivity contribution < 1.29 is 22.3 Å². The van der Waals surface area contributed by atoms with Gasteiger partial charge in [0.05, 0.1) is 17.9 Å². The van der Waals surface area contributed by atoms with Gasteiger partial charge in [-0.1, -0.05) is 5.92 Å². The van der Waals surface area contributed by atoms with Gasteiger partial charge < -0.3 is 10.1 Å². The maximum atomic E-state index is 13.9. The van der Waals surface area contributed by atoms with Gasteiger partial charge in [-0.2, -0.15) is 5.10 Å². The van der Waals surface area contributed by atoms with Crippen LogP contribution >= 0.6 is 0 Å². The summed E-state index contributed by atoms with van der Waals surface area (Å²) in [6.45, 7) is 2.43. The molecule has 2 saturated heterocycles. The molecule has 4 heterocycles. The molecule has 2 fully saturated rings. The number of fused-ring (bicyclic) bond motifs is 1. The zero-order chi connectivity index (χ0) is 22.3. The molecule has 1 aromatic heterocycles. The van der Waals surface area contributed by atoms with E-state index in [1.54, 1.807) is 0 Å². The third kappa shape index (κ3) is 3.76. The van der Waals surface area contributed by atoms with E-state index < -0.39 is 30.3 Å². The molecule has 32 heavy (non-hydrogen) atoms. The molecule has 10 heteroatoms. The number of likely N-dealkylation sites (tertiary alicyclic amines) is 1. The van der Waals surface area contributed by atoms with Crippen molar-refractivity contribution in [1.82, 2.24) is 15.1 Å². The van der Waals surface area contributed by atoms with Crippen LogP contribution in [0.25, 0.3) is 0 Å². The van der Waals surface area contributed by atoms with Gasteiger partial charge in [-0.15, -0.1) is 0 Å². The molecule has 1 spiro atoms. The molecule has 0 aliphatic carbocycles. The van der Waals surface area contributed by atoms with Crippen LogP contribution in [0.1, 0.15) is 30.5 Å². The van der Waals surface area contributed by atoms with Crippen molar-refractivity contribution >= 4 is 17.2 Å². The molecule has 2 aromatic rings. The number of nitrogens with zero attached hydrogens (tertiary/aromatic N) is 3. The maximum absolute atomic E-state index is 13.9. The molecule has 1 unspecified atom stereocenters. The van der Waals surface area contributed by atoms with Gasteiger partial charge >= 0.3 is 0 Å². The largest absolute Gasteiger partial charge is 0.381 e. The Balaban J connectivity index is 1.37. The monoisotopic (exact) mass is 447 g/mol. The minimum atomic E-state index is -1.29. The Bertz CT molecular complexity index is 1120. The van der Waals surface area contributed by atoms with Crippen LogP contribution in [0.3, 0.4) is 0 Å². The highest BCUT2D eigenvalue weighted by atomic mass is 19.2. The maximum Gasteiger partial charge on any atom is 0.163 e. The van der Waals surface area contributed by atoms with E-state index in [0.717, 1.165) is 45.6 Å². The first-order chi connectivity index (χ1) is 15.5. The van der Waals surface area contributed by atoms with Gasteiger partial charge in [-0.05, 0) is 36.7 Å². The number of rotatable bonds is 2. The first-order valence-corrected chi connectivity index (χ1v) is 10.4. The number of aromatic amines is 1. The number of hydrogen-bond acceptors (Lipinski definition) is 5. The molecule has 3 aliphatic heterocycles. The highest BCUT2D eigenvalue weighted by Crippen LogP contribution is 2.40. The van der Waals surface area contributed by atoms with E-state index in [-0.39, 0.29) is 16.7 Å². The lowest BCUT2D eigenvalue weighted by molar-refractivity contribution is 0.0755. The van der Waals surface area contributed by atoms with Gasteiger partial charge in [-0.25, -0.2) is 22.6 Å². The molecule has 1 atom stereocenters. The zero-order valence-corrected chi connectivity index (χ0v) is 17.2. The lowest BCUT2D eigenvalue weighted by atomic mass is 9.78. The van der Waals surface area contributed by atoms with Crippen molar-refractivity contribution in [3.8, 4) is 11.8 Å². The second kappa shape index (κ2) is 8.22. The Morgan fingerprint density at radius 2 is 1.88 bits per heavy atom. The summed E-state index contributed by atoms with van der Waals surface area (Å²) in [5.74, 6) is 2.06. The molecular formula is C22H21F4N5O. The Morgan fingerprint density at radius 1 is 1.09 bits per heavy atom. The second-order valence-corrected chi connectivity index (χ2v) is 8.41. The number of ether oxygens (including phenoxy) is 1. The molecule has 5 rings (SSSR count). The number of piperidine rings is 1. The molecule has 2 N–H and O–H groups in total. The van der Waals surface area contributed by atoms with Gasteiger partial charge in [0.15, 0.2) is 23.1 Å². The van der Waals surface area contributed by atoms with Gasteiger partial charge in [0.2, 0.25) is 0 Å². The van der Waals surface area contributed by atoms with Gasteiger partial charge in [0.25, 0.3) is 0 Å². The number of aliphatic imine (C=N–C) groups is 1. The SMILES string of the molecule is FCC1=Nc2c(C#Cc3cc(F)c(F)cc3F)n[nH]c2NC1N1CCC2(CCOC2)CC1. The Labute approximate surface area is 182 Å². The Kier molecular flexibility index (Phi) is 5.39. The lowest BCUT2D eigenvalue weighted by Crippen LogP contribution is -2.53. The van der Waals surface area contributed by atoms with Gasteiger partial charge in [-0.3, -0.25) is 10.00 Å². The number of nitrogens with one attached hydrogen (secondary N) is 2.